The number of para-hydroxylation sites is 1. The number of nitrogens with zero attached hydrogens (tertiary/aromatic N) is 1. The molecule has 3 nitrogen and oxygen atoms in total. The predicted molar refractivity (Wildman–Crippen MR) is 58.4 cm³/mol. The summed E-state index contributed by atoms with van der Waals surface area (Å²) in [5.41, 5.74) is 5.77. The van der Waals surface area contributed by atoms with E-state index in [1.807, 2.05) is 37.3 Å². The summed E-state index contributed by atoms with van der Waals surface area (Å²) in [6.07, 6.45) is -1.62. The number of hydrogen-bond acceptors (Lipinski definition) is 2. The van der Waals surface area contributed by atoms with E-state index in [0.717, 1.165) is 5.69 Å². The van der Waals surface area contributed by atoms with Gasteiger partial charge in [0.25, 0.3) is 5.91 Å². The normalized spacial score (nSPS) is 12.1. The van der Waals surface area contributed by atoms with Gasteiger partial charge < -0.3 is 10.6 Å². The van der Waals surface area contributed by atoms with Crippen molar-refractivity contribution in [3.8, 4) is 0 Å². The lowest BCUT2D eigenvalue weighted by molar-refractivity contribution is -0.122. The fourth-order valence-corrected chi connectivity index (χ4v) is 1.34. The van der Waals surface area contributed by atoms with Crippen LogP contribution in [0.25, 0.3) is 0 Å². The number of primary amides is 1. The third kappa shape index (κ3) is 3.23. The molecule has 1 unspecified atom stereocenters. The first-order valence-electron chi connectivity index (χ1n) is 4.88. The third-order valence-electron chi connectivity index (χ3n) is 2.19. The minimum absolute atomic E-state index is 0.00977. The summed E-state index contributed by atoms with van der Waals surface area (Å²) in [5.74, 6) is -0.913. The zero-order chi connectivity index (χ0) is 11.3. The molecule has 0 bridgehead atoms. The molecule has 1 atom stereocenters. The van der Waals surface area contributed by atoms with E-state index in [1.54, 1.807) is 4.90 Å². The SMILES string of the molecule is CCN(CC(F)C(N)=O)c1ccccc1. The first-order chi connectivity index (χ1) is 7.15. The van der Waals surface area contributed by atoms with Gasteiger partial charge in [0, 0.05) is 12.2 Å². The van der Waals surface area contributed by atoms with Crippen molar-refractivity contribution in [3.63, 3.8) is 0 Å². The van der Waals surface area contributed by atoms with Crippen molar-refractivity contribution in [3.05, 3.63) is 30.3 Å². The smallest absolute Gasteiger partial charge is 0.253 e. The van der Waals surface area contributed by atoms with Crippen molar-refractivity contribution in [1.29, 1.82) is 0 Å². The maximum absolute atomic E-state index is 13.1. The summed E-state index contributed by atoms with van der Waals surface area (Å²) in [7, 11) is 0. The number of carbonyl (C=O) groups excluding carboxylic acids is 1. The summed E-state index contributed by atoms with van der Waals surface area (Å²) >= 11 is 0. The fraction of sp³-hybridized carbons (Fsp3) is 0.364. The Kier molecular flexibility index (Phi) is 4.09. The van der Waals surface area contributed by atoms with Gasteiger partial charge in [-0.25, -0.2) is 4.39 Å². The van der Waals surface area contributed by atoms with E-state index < -0.39 is 12.1 Å². The molecule has 0 aromatic heterocycles. The summed E-state index contributed by atoms with van der Waals surface area (Å²) < 4.78 is 13.1. The molecule has 0 saturated carbocycles. The fourth-order valence-electron chi connectivity index (χ4n) is 1.34. The number of carbonyl (C=O) groups is 1. The Hall–Kier alpha value is -1.58. The van der Waals surface area contributed by atoms with Gasteiger partial charge >= 0.3 is 0 Å². The number of hydrogen-bond donors (Lipinski definition) is 1. The minimum atomic E-state index is -1.62. The van der Waals surface area contributed by atoms with E-state index in [4.69, 9.17) is 5.73 Å². The average Bonchev–Trinajstić information content (AvgIpc) is 2.26. The van der Waals surface area contributed by atoms with E-state index in [0.29, 0.717) is 6.54 Å². The molecule has 1 aromatic rings. The minimum Gasteiger partial charge on any atom is -0.368 e. The van der Waals surface area contributed by atoms with Gasteiger partial charge in [0.05, 0.1) is 6.54 Å². The van der Waals surface area contributed by atoms with Gasteiger partial charge in [-0.05, 0) is 19.1 Å². The van der Waals surface area contributed by atoms with Crippen LogP contribution in [-0.2, 0) is 4.79 Å². The molecule has 1 aromatic carbocycles. The number of alkyl halides is 1. The monoisotopic (exact) mass is 210 g/mol. The number of benzene rings is 1. The summed E-state index contributed by atoms with van der Waals surface area (Å²) in [4.78, 5) is 12.4. The van der Waals surface area contributed by atoms with E-state index in [-0.39, 0.29) is 6.54 Å². The largest absolute Gasteiger partial charge is 0.368 e. The van der Waals surface area contributed by atoms with E-state index >= 15 is 0 Å². The highest BCUT2D eigenvalue weighted by Crippen LogP contribution is 2.13. The van der Waals surface area contributed by atoms with Gasteiger partial charge in [-0.3, -0.25) is 4.79 Å². The van der Waals surface area contributed by atoms with Crippen LogP contribution < -0.4 is 10.6 Å². The lowest BCUT2D eigenvalue weighted by Gasteiger charge is -2.23. The Morgan fingerprint density at radius 2 is 2.07 bits per heavy atom. The van der Waals surface area contributed by atoms with Crippen LogP contribution in [0.3, 0.4) is 0 Å². The lowest BCUT2D eigenvalue weighted by Crippen LogP contribution is -2.37. The molecule has 0 radical (unpaired) electrons. The Labute approximate surface area is 88.7 Å². The van der Waals surface area contributed by atoms with Crippen LogP contribution in [0.15, 0.2) is 30.3 Å². The first kappa shape index (κ1) is 11.5. The Morgan fingerprint density at radius 1 is 1.47 bits per heavy atom. The highest BCUT2D eigenvalue weighted by molar-refractivity contribution is 5.79. The van der Waals surface area contributed by atoms with Crippen molar-refractivity contribution in [2.75, 3.05) is 18.0 Å². The molecule has 0 aliphatic heterocycles. The van der Waals surface area contributed by atoms with Gasteiger partial charge in [-0.2, -0.15) is 0 Å². The van der Waals surface area contributed by atoms with Crippen LogP contribution in [0.2, 0.25) is 0 Å². The highest BCUT2D eigenvalue weighted by Gasteiger charge is 2.17. The number of amides is 1. The zero-order valence-corrected chi connectivity index (χ0v) is 8.69. The number of anilines is 1. The van der Waals surface area contributed by atoms with E-state index in [1.165, 1.54) is 0 Å². The zero-order valence-electron chi connectivity index (χ0n) is 8.69. The maximum atomic E-state index is 13.1. The van der Waals surface area contributed by atoms with Crippen LogP contribution in [-0.4, -0.2) is 25.2 Å². The molecule has 0 saturated heterocycles. The second-order valence-corrected chi connectivity index (χ2v) is 3.24. The lowest BCUT2D eigenvalue weighted by atomic mass is 10.2. The van der Waals surface area contributed by atoms with Gasteiger partial charge in [0.2, 0.25) is 0 Å². The van der Waals surface area contributed by atoms with Gasteiger partial charge in [-0.1, -0.05) is 18.2 Å². The molecule has 82 valence electrons. The number of halogens is 1. The molecule has 0 aliphatic carbocycles. The summed E-state index contributed by atoms with van der Waals surface area (Å²) in [5, 5.41) is 0. The first-order valence-corrected chi connectivity index (χ1v) is 4.88. The second-order valence-electron chi connectivity index (χ2n) is 3.24. The third-order valence-corrected chi connectivity index (χ3v) is 2.19. The van der Waals surface area contributed by atoms with Crippen LogP contribution in [0, 0.1) is 0 Å². The summed E-state index contributed by atoms with van der Waals surface area (Å²) in [6.45, 7) is 2.55. The average molecular weight is 210 g/mol. The molecular weight excluding hydrogens is 195 g/mol. The van der Waals surface area contributed by atoms with E-state index in [9.17, 15) is 9.18 Å². The molecule has 0 fully saturated rings. The van der Waals surface area contributed by atoms with Gasteiger partial charge in [-0.15, -0.1) is 0 Å². The molecule has 0 heterocycles. The molecule has 0 spiro atoms. The van der Waals surface area contributed by atoms with Crippen molar-refractivity contribution < 1.29 is 9.18 Å². The van der Waals surface area contributed by atoms with Crippen LogP contribution >= 0.6 is 0 Å². The quantitative estimate of drug-likeness (QED) is 0.797. The molecule has 1 amide bonds. The van der Waals surface area contributed by atoms with Crippen molar-refractivity contribution in [2.45, 2.75) is 13.1 Å². The molecular formula is C11H15FN2O. The second kappa shape index (κ2) is 5.34. The maximum Gasteiger partial charge on any atom is 0.253 e. The van der Waals surface area contributed by atoms with Gasteiger partial charge in [0.15, 0.2) is 6.17 Å². The number of rotatable bonds is 5. The Bertz CT molecular complexity index is 316. The summed E-state index contributed by atoms with van der Waals surface area (Å²) in [6, 6.07) is 9.37. The molecule has 0 aliphatic rings. The molecule has 1 rings (SSSR count). The highest BCUT2D eigenvalue weighted by atomic mass is 19.1. The van der Waals surface area contributed by atoms with Crippen LogP contribution in [0.4, 0.5) is 10.1 Å². The Morgan fingerprint density at radius 3 is 2.53 bits per heavy atom. The Balaban J connectivity index is 2.69. The predicted octanol–water partition coefficient (Wildman–Crippen LogP) is 1.34. The molecule has 4 heteroatoms. The molecule has 2 N–H and O–H groups in total. The van der Waals surface area contributed by atoms with Crippen molar-refractivity contribution in [1.82, 2.24) is 0 Å². The van der Waals surface area contributed by atoms with Crippen molar-refractivity contribution >= 4 is 11.6 Å². The molecule has 15 heavy (non-hydrogen) atoms. The van der Waals surface area contributed by atoms with Gasteiger partial charge in [0.1, 0.15) is 0 Å². The standard InChI is InChI=1S/C11H15FN2O/c1-2-14(8-10(12)11(13)15)9-6-4-3-5-7-9/h3-7,10H,2,8H2,1H3,(H2,13,15). The van der Waals surface area contributed by atoms with Crippen molar-refractivity contribution in [2.24, 2.45) is 5.73 Å². The number of nitrogens with two attached hydrogens (primary N) is 1. The van der Waals surface area contributed by atoms with Crippen LogP contribution in [0.5, 0.6) is 0 Å². The van der Waals surface area contributed by atoms with E-state index in [2.05, 4.69) is 0 Å². The van der Waals surface area contributed by atoms with Crippen LogP contribution in [0.1, 0.15) is 6.92 Å². The topological polar surface area (TPSA) is 46.3 Å².